The first kappa shape index (κ1) is 18.3. The molecule has 1 heterocycles. The molecular formula is C13H22IN3O3S. The molecule has 1 aromatic heterocycles. The molecule has 1 aliphatic carbocycles. The highest BCUT2D eigenvalue weighted by molar-refractivity contribution is 14.0. The molecule has 0 spiro atoms. The summed E-state index contributed by atoms with van der Waals surface area (Å²) in [4.78, 5) is 4.09. The van der Waals surface area contributed by atoms with Gasteiger partial charge in [0.15, 0.2) is 15.8 Å². The molecule has 1 aliphatic rings. The molecule has 6 nitrogen and oxygen atoms in total. The number of hydrogen-bond donors (Lipinski definition) is 2. The number of sulfone groups is 1. The summed E-state index contributed by atoms with van der Waals surface area (Å²) in [6.07, 6.45) is 5.32. The summed E-state index contributed by atoms with van der Waals surface area (Å²) in [6, 6.07) is 3.68. The Kier molecular flexibility index (Phi) is 6.51. The summed E-state index contributed by atoms with van der Waals surface area (Å²) in [5.74, 6) is 1.38. The normalized spacial score (nSPS) is 17.5. The van der Waals surface area contributed by atoms with Crippen LogP contribution in [0.1, 0.15) is 25.0 Å². The topological polar surface area (TPSA) is 83.7 Å². The fourth-order valence-corrected chi connectivity index (χ4v) is 3.66. The van der Waals surface area contributed by atoms with E-state index in [0.717, 1.165) is 12.2 Å². The molecule has 0 aliphatic heterocycles. The van der Waals surface area contributed by atoms with Gasteiger partial charge >= 0.3 is 0 Å². The lowest BCUT2D eigenvalue weighted by molar-refractivity contribution is 0.336. The van der Waals surface area contributed by atoms with Crippen molar-refractivity contribution in [2.45, 2.75) is 30.6 Å². The molecule has 1 saturated carbocycles. The fourth-order valence-electron chi connectivity index (χ4n) is 2.30. The Morgan fingerprint density at radius 1 is 1.43 bits per heavy atom. The zero-order valence-electron chi connectivity index (χ0n) is 12.3. The zero-order valence-corrected chi connectivity index (χ0v) is 15.4. The van der Waals surface area contributed by atoms with E-state index in [4.69, 9.17) is 4.42 Å². The minimum Gasteiger partial charge on any atom is -0.467 e. The first-order chi connectivity index (χ1) is 9.47. The maximum Gasteiger partial charge on any atom is 0.191 e. The van der Waals surface area contributed by atoms with Crippen molar-refractivity contribution in [1.82, 2.24) is 10.6 Å². The highest BCUT2D eigenvalue weighted by Gasteiger charge is 2.46. The van der Waals surface area contributed by atoms with Crippen LogP contribution < -0.4 is 10.6 Å². The maximum atomic E-state index is 11.9. The molecule has 0 radical (unpaired) electrons. The third kappa shape index (κ3) is 4.35. The van der Waals surface area contributed by atoms with E-state index in [2.05, 4.69) is 15.6 Å². The molecule has 0 unspecified atom stereocenters. The summed E-state index contributed by atoms with van der Waals surface area (Å²) in [5, 5.41) is 6.19. The molecule has 0 bridgehead atoms. The third-order valence-electron chi connectivity index (χ3n) is 3.86. The summed E-state index contributed by atoms with van der Waals surface area (Å²) in [7, 11) is -1.40. The summed E-state index contributed by atoms with van der Waals surface area (Å²) < 4.78 is 28.3. The number of hydrogen-bond acceptors (Lipinski definition) is 4. The van der Waals surface area contributed by atoms with Crippen molar-refractivity contribution < 1.29 is 12.8 Å². The van der Waals surface area contributed by atoms with Crippen LogP contribution in [0.2, 0.25) is 0 Å². The summed E-state index contributed by atoms with van der Waals surface area (Å²) in [5.41, 5.74) is 0. The summed E-state index contributed by atoms with van der Waals surface area (Å²) in [6.45, 7) is 0.905. The molecule has 1 fully saturated rings. The lowest BCUT2D eigenvalue weighted by Gasteiger charge is -2.40. The van der Waals surface area contributed by atoms with Crippen molar-refractivity contribution in [3.05, 3.63) is 24.2 Å². The van der Waals surface area contributed by atoms with Crippen molar-refractivity contribution in [2.75, 3.05) is 19.8 Å². The van der Waals surface area contributed by atoms with Crippen molar-refractivity contribution in [2.24, 2.45) is 4.99 Å². The van der Waals surface area contributed by atoms with E-state index in [0.29, 0.717) is 31.9 Å². The molecule has 8 heteroatoms. The Labute approximate surface area is 142 Å². The van der Waals surface area contributed by atoms with Crippen LogP contribution in [-0.2, 0) is 16.4 Å². The van der Waals surface area contributed by atoms with Gasteiger partial charge in [0.2, 0.25) is 0 Å². The highest BCUT2D eigenvalue weighted by atomic mass is 127. The maximum absolute atomic E-state index is 11.9. The van der Waals surface area contributed by atoms with Gasteiger partial charge in [-0.1, -0.05) is 6.42 Å². The van der Waals surface area contributed by atoms with Gasteiger partial charge in [0.1, 0.15) is 5.76 Å². The van der Waals surface area contributed by atoms with Crippen LogP contribution in [0.4, 0.5) is 0 Å². The molecule has 0 amide bonds. The molecule has 0 atom stereocenters. The van der Waals surface area contributed by atoms with E-state index >= 15 is 0 Å². The molecular weight excluding hydrogens is 405 g/mol. The Hall–Kier alpha value is -0.770. The lowest BCUT2D eigenvalue weighted by Crippen LogP contribution is -2.54. The van der Waals surface area contributed by atoms with Crippen molar-refractivity contribution in [1.29, 1.82) is 0 Å². The predicted molar refractivity (Wildman–Crippen MR) is 93.8 cm³/mol. The Bertz CT molecular complexity index is 565. The second kappa shape index (κ2) is 7.48. The zero-order chi connectivity index (χ0) is 14.6. The minimum atomic E-state index is -3.05. The van der Waals surface area contributed by atoms with Gasteiger partial charge in [-0.15, -0.1) is 24.0 Å². The van der Waals surface area contributed by atoms with E-state index in [1.54, 1.807) is 13.3 Å². The van der Waals surface area contributed by atoms with Crippen LogP contribution >= 0.6 is 24.0 Å². The first-order valence-electron chi connectivity index (χ1n) is 6.63. The molecule has 21 heavy (non-hydrogen) atoms. The average Bonchev–Trinajstić information content (AvgIpc) is 2.82. The van der Waals surface area contributed by atoms with Gasteiger partial charge in [0, 0.05) is 19.8 Å². The second-order valence-corrected chi connectivity index (χ2v) is 7.58. The number of furan rings is 1. The highest BCUT2D eigenvalue weighted by Crippen LogP contribution is 2.38. The Morgan fingerprint density at radius 2 is 2.14 bits per heavy atom. The third-order valence-corrected chi connectivity index (χ3v) is 5.99. The minimum absolute atomic E-state index is 0. The first-order valence-corrected chi connectivity index (χ1v) is 8.52. The van der Waals surface area contributed by atoms with Crippen LogP contribution in [-0.4, -0.2) is 39.0 Å². The van der Waals surface area contributed by atoms with Gasteiger partial charge < -0.3 is 15.1 Å². The number of nitrogens with one attached hydrogen (secondary N) is 2. The van der Waals surface area contributed by atoms with Gasteiger partial charge in [0.05, 0.1) is 17.6 Å². The van der Waals surface area contributed by atoms with Crippen molar-refractivity contribution >= 4 is 39.8 Å². The van der Waals surface area contributed by atoms with Gasteiger partial charge in [-0.2, -0.15) is 0 Å². The van der Waals surface area contributed by atoms with Gasteiger partial charge in [0.25, 0.3) is 0 Å². The standard InChI is InChI=1S/C13H21N3O3S.HI/c1-14-12(15-9-11-5-3-8-19-11)16-10-13(6-4-7-13)20(2,17)18;/h3,5,8H,4,6-7,9-10H2,1-2H3,(H2,14,15,16);1H. The smallest absolute Gasteiger partial charge is 0.191 e. The Balaban J connectivity index is 0.00000220. The largest absolute Gasteiger partial charge is 0.467 e. The molecule has 0 aromatic carbocycles. The van der Waals surface area contributed by atoms with E-state index in [9.17, 15) is 8.42 Å². The van der Waals surface area contributed by atoms with Crippen molar-refractivity contribution in [3.8, 4) is 0 Å². The number of halogens is 1. The van der Waals surface area contributed by atoms with E-state index in [-0.39, 0.29) is 24.0 Å². The van der Waals surface area contributed by atoms with Gasteiger partial charge in [-0.3, -0.25) is 4.99 Å². The monoisotopic (exact) mass is 427 g/mol. The predicted octanol–water partition coefficient (Wildman–Crippen LogP) is 1.53. The molecule has 120 valence electrons. The number of aliphatic imine (C=N–C) groups is 1. The quantitative estimate of drug-likeness (QED) is 0.423. The van der Waals surface area contributed by atoms with E-state index < -0.39 is 14.6 Å². The molecule has 0 saturated heterocycles. The van der Waals surface area contributed by atoms with Crippen LogP contribution in [0, 0.1) is 0 Å². The SMILES string of the molecule is CN=C(NCc1ccco1)NCC1(S(C)(=O)=O)CCC1.I. The van der Waals surface area contributed by atoms with E-state index in [1.165, 1.54) is 6.26 Å². The molecule has 2 rings (SSSR count). The number of nitrogens with zero attached hydrogens (tertiary/aromatic N) is 1. The van der Waals surface area contributed by atoms with Crippen LogP contribution in [0.5, 0.6) is 0 Å². The Morgan fingerprint density at radius 3 is 2.57 bits per heavy atom. The second-order valence-electron chi connectivity index (χ2n) is 5.17. The number of guanidine groups is 1. The summed E-state index contributed by atoms with van der Waals surface area (Å²) >= 11 is 0. The van der Waals surface area contributed by atoms with Crippen molar-refractivity contribution in [3.63, 3.8) is 0 Å². The van der Waals surface area contributed by atoms with Crippen LogP contribution in [0.15, 0.2) is 27.8 Å². The molecule has 1 aromatic rings. The van der Waals surface area contributed by atoms with Crippen LogP contribution in [0.25, 0.3) is 0 Å². The number of rotatable bonds is 5. The van der Waals surface area contributed by atoms with Gasteiger partial charge in [-0.05, 0) is 25.0 Å². The van der Waals surface area contributed by atoms with E-state index in [1.807, 2.05) is 12.1 Å². The average molecular weight is 427 g/mol. The molecule has 2 N–H and O–H groups in total. The van der Waals surface area contributed by atoms with Crippen LogP contribution in [0.3, 0.4) is 0 Å². The fraction of sp³-hybridized carbons (Fsp3) is 0.615. The van der Waals surface area contributed by atoms with Gasteiger partial charge in [-0.25, -0.2) is 8.42 Å². The lowest BCUT2D eigenvalue weighted by atomic mass is 9.84.